The number of rotatable bonds is 12. The minimum Gasteiger partial charge on any atom is -0.496 e. The first-order chi connectivity index (χ1) is 35.7. The number of ether oxygens (including phenoxy) is 2. The van der Waals surface area contributed by atoms with Crippen LogP contribution >= 0.6 is 0 Å². The maximum absolute atomic E-state index is 15.6. The number of H-pyrrole nitrogens is 2. The third-order valence-electron chi connectivity index (χ3n) is 13.6. The van der Waals surface area contributed by atoms with E-state index >= 15 is 8.78 Å². The van der Waals surface area contributed by atoms with Gasteiger partial charge in [-0.15, -0.1) is 0 Å². The van der Waals surface area contributed by atoms with Crippen LogP contribution in [0.1, 0.15) is 72.1 Å². The minimum atomic E-state index is -0.531. The van der Waals surface area contributed by atoms with E-state index in [2.05, 4.69) is 41.0 Å². The molecule has 0 bridgehead atoms. The third kappa shape index (κ3) is 10.6. The Balaban J connectivity index is 0.000000182. The van der Waals surface area contributed by atoms with Crippen molar-refractivity contribution < 1.29 is 37.7 Å². The number of nitrogens with one attached hydrogen (secondary N) is 4. The highest BCUT2D eigenvalue weighted by Gasteiger charge is 2.27. The molecule has 74 heavy (non-hydrogen) atoms. The molecule has 2 fully saturated rings. The Bertz CT molecular complexity index is 3370. The first-order valence-electron chi connectivity index (χ1n) is 24.5. The van der Waals surface area contributed by atoms with Crippen LogP contribution in [0.2, 0.25) is 0 Å². The number of methoxy groups -OCH3 is 2. The van der Waals surface area contributed by atoms with Gasteiger partial charge >= 0.3 is 0 Å². The van der Waals surface area contributed by atoms with Gasteiger partial charge in [0.1, 0.15) is 28.9 Å². The number of aliphatic hydroxyl groups is 1. The summed E-state index contributed by atoms with van der Waals surface area (Å²) in [6, 6.07) is 25.1. The molecule has 4 heterocycles. The molecule has 382 valence electrons. The molecule has 0 spiro atoms. The van der Waals surface area contributed by atoms with Gasteiger partial charge in [0.2, 0.25) is 0 Å². The van der Waals surface area contributed by atoms with Crippen molar-refractivity contribution in [1.29, 1.82) is 0 Å². The number of nitrogens with zero attached hydrogens (tertiary/aromatic N) is 6. The molecule has 2 amide bonds. The highest BCUT2D eigenvalue weighted by Crippen LogP contribution is 2.39. The Kier molecular flexibility index (Phi) is 15.0. The van der Waals surface area contributed by atoms with Crippen molar-refractivity contribution in [3.05, 3.63) is 120 Å². The lowest BCUT2D eigenvalue weighted by Crippen LogP contribution is -2.30. The average molecular weight is 1010 g/mol. The van der Waals surface area contributed by atoms with E-state index < -0.39 is 11.6 Å². The second-order valence-electron chi connectivity index (χ2n) is 19.1. The summed E-state index contributed by atoms with van der Waals surface area (Å²) in [4.78, 5) is 49.7. The minimum absolute atomic E-state index is 0.00943. The summed E-state index contributed by atoms with van der Waals surface area (Å²) < 4.78 is 42.2. The summed E-state index contributed by atoms with van der Waals surface area (Å²) in [5, 5.41) is 32.5. The number of aliphatic hydroxyl groups excluding tert-OH is 1. The summed E-state index contributed by atoms with van der Waals surface area (Å²) in [6.45, 7) is 0. The number of aromatic amines is 2. The maximum atomic E-state index is 15.6. The van der Waals surface area contributed by atoms with Crippen molar-refractivity contribution in [2.75, 3.05) is 53.0 Å². The summed E-state index contributed by atoms with van der Waals surface area (Å²) in [5.41, 5.74) is 7.36. The number of anilines is 2. The fraction of sp³-hybridized carbons (Fsp3) is 0.304. The molecule has 16 nitrogen and oxygen atoms in total. The molecular weight excluding hydrogens is 947 g/mol. The normalized spacial score (nSPS) is 15.8. The Morgan fingerprint density at radius 3 is 1.45 bits per heavy atom. The molecule has 5 N–H and O–H groups in total. The third-order valence-corrected chi connectivity index (χ3v) is 13.6. The van der Waals surface area contributed by atoms with Crippen molar-refractivity contribution in [3.8, 4) is 56.3 Å². The van der Waals surface area contributed by atoms with Crippen LogP contribution in [-0.2, 0) is 4.79 Å². The lowest BCUT2D eigenvalue weighted by Gasteiger charge is -2.28. The summed E-state index contributed by atoms with van der Waals surface area (Å²) in [5.74, 6) is -0.0680. The van der Waals surface area contributed by atoms with Crippen LogP contribution in [0.15, 0.2) is 97.3 Å². The molecule has 0 radical (unpaired) electrons. The lowest BCUT2D eigenvalue weighted by molar-refractivity contribution is -0.120. The SMILES string of the molecule is COc1ccccc1-c1[nH]nc2ncc(-c3cc(F)c(NC4CCC(=O)CC4)c(C(=O)N(C)C)c3)cc12.COc1ccccc1-c1[nH]nc2ncc(-c3cc(F)c(NC4CCC(O)CC4)c(C(=O)N(C)C)c3)cc12. The molecule has 4 aromatic carbocycles. The number of hydrogen-bond donors (Lipinski definition) is 5. The predicted molar refractivity (Wildman–Crippen MR) is 281 cm³/mol. The van der Waals surface area contributed by atoms with E-state index in [1.165, 1.54) is 21.9 Å². The van der Waals surface area contributed by atoms with E-state index in [9.17, 15) is 19.5 Å². The standard InChI is InChI=1S/C28H30FN5O3.C28H28FN5O3/c2*1-34(2)28(36)22-12-16(14-23(29)26(22)31-18-8-10-19(35)11-9-18)17-13-21-25(32-33-27(21)30-15-17)20-6-4-5-7-24(20)37-3/h4-7,12-15,18-19,31,35H,8-11H2,1-3H3,(H,30,32,33);4-7,12-15,18,31H,8-11H2,1-3H3,(H,30,32,33). The van der Waals surface area contributed by atoms with E-state index in [1.54, 1.807) is 66.9 Å². The van der Waals surface area contributed by atoms with Crippen LogP contribution in [0.4, 0.5) is 20.2 Å². The van der Waals surface area contributed by atoms with E-state index in [1.807, 2.05) is 60.7 Å². The van der Waals surface area contributed by atoms with Crippen molar-refractivity contribution in [2.45, 2.75) is 69.6 Å². The number of fused-ring (bicyclic) bond motifs is 2. The molecule has 18 heteroatoms. The van der Waals surface area contributed by atoms with Crippen LogP contribution in [0, 0.1) is 11.6 Å². The first kappa shape index (κ1) is 50.7. The van der Waals surface area contributed by atoms with Gasteiger partial charge in [-0.05, 0) is 110 Å². The molecule has 0 unspecified atom stereocenters. The van der Waals surface area contributed by atoms with Gasteiger partial charge in [0.25, 0.3) is 11.8 Å². The first-order valence-corrected chi connectivity index (χ1v) is 24.5. The molecule has 2 saturated carbocycles. The highest BCUT2D eigenvalue weighted by atomic mass is 19.1. The summed E-state index contributed by atoms with van der Waals surface area (Å²) in [7, 11) is 9.77. The second-order valence-corrected chi connectivity index (χ2v) is 19.1. The number of halogens is 2. The number of hydrogen-bond acceptors (Lipinski definition) is 12. The van der Waals surface area contributed by atoms with Gasteiger partial charge in [-0.2, -0.15) is 10.2 Å². The largest absolute Gasteiger partial charge is 0.496 e. The monoisotopic (exact) mass is 1000 g/mol. The van der Waals surface area contributed by atoms with E-state index in [-0.39, 0.29) is 58.3 Å². The number of benzene rings is 4. The Hall–Kier alpha value is -8.25. The second kappa shape index (κ2) is 21.8. The number of ketones is 1. The summed E-state index contributed by atoms with van der Waals surface area (Å²) >= 11 is 0. The van der Waals surface area contributed by atoms with Crippen molar-refractivity contribution in [1.82, 2.24) is 40.2 Å². The number of pyridine rings is 2. The lowest BCUT2D eigenvalue weighted by atomic mass is 9.92. The van der Waals surface area contributed by atoms with Gasteiger partial charge in [-0.1, -0.05) is 24.3 Å². The maximum Gasteiger partial charge on any atom is 0.255 e. The Morgan fingerprint density at radius 2 is 1.03 bits per heavy atom. The summed E-state index contributed by atoms with van der Waals surface area (Å²) in [6.07, 6.45) is 7.80. The van der Waals surface area contributed by atoms with Crippen LogP contribution in [-0.4, -0.2) is 123 Å². The van der Waals surface area contributed by atoms with Crippen LogP contribution in [0.25, 0.3) is 66.8 Å². The quantitative estimate of drug-likeness (QED) is 0.0776. The van der Waals surface area contributed by atoms with Crippen molar-refractivity contribution in [2.24, 2.45) is 0 Å². The fourth-order valence-electron chi connectivity index (χ4n) is 9.60. The van der Waals surface area contributed by atoms with Crippen molar-refractivity contribution in [3.63, 3.8) is 0 Å². The molecular formula is C56H58F2N10O6. The van der Waals surface area contributed by atoms with E-state index in [0.29, 0.717) is 96.4 Å². The Labute approximate surface area is 426 Å². The number of amides is 2. The molecule has 8 aromatic rings. The molecule has 0 saturated heterocycles. The van der Waals surface area contributed by atoms with E-state index in [4.69, 9.17) is 9.47 Å². The van der Waals surface area contributed by atoms with E-state index in [0.717, 1.165) is 33.3 Å². The van der Waals surface area contributed by atoms with Gasteiger partial charge in [-0.3, -0.25) is 24.6 Å². The van der Waals surface area contributed by atoms with Gasteiger partial charge in [0.15, 0.2) is 11.3 Å². The predicted octanol–water partition coefficient (Wildman–Crippen LogP) is 9.92. The molecule has 4 aromatic heterocycles. The molecule has 2 aliphatic rings. The highest BCUT2D eigenvalue weighted by molar-refractivity contribution is 6.03. The molecule has 2 aliphatic carbocycles. The molecule has 0 aliphatic heterocycles. The van der Waals surface area contributed by atoms with Crippen LogP contribution in [0.3, 0.4) is 0 Å². The number of Topliss-reactive ketones (excluding diaryl/α,β-unsaturated/α-hetero) is 1. The number of carbonyl (C=O) groups excluding carboxylic acids is 3. The van der Waals surface area contributed by atoms with Gasteiger partial charge < -0.3 is 35.0 Å². The van der Waals surface area contributed by atoms with Gasteiger partial charge in [-0.25, -0.2) is 18.7 Å². The molecule has 0 atom stereocenters. The fourth-order valence-corrected chi connectivity index (χ4v) is 9.60. The zero-order chi connectivity index (χ0) is 52.2. The number of carbonyl (C=O) groups is 3. The smallest absolute Gasteiger partial charge is 0.255 e. The Morgan fingerprint density at radius 1 is 0.608 bits per heavy atom. The number of para-hydroxylation sites is 2. The average Bonchev–Trinajstić information content (AvgIpc) is 4.04. The zero-order valence-electron chi connectivity index (χ0n) is 42.1. The molecule has 10 rings (SSSR count). The topological polar surface area (TPSA) is 204 Å². The van der Waals surface area contributed by atoms with Gasteiger partial charge in [0.05, 0.1) is 54.2 Å². The van der Waals surface area contributed by atoms with Crippen LogP contribution < -0.4 is 20.1 Å². The van der Waals surface area contributed by atoms with Gasteiger partial charge in [0, 0.05) is 98.5 Å². The zero-order valence-corrected chi connectivity index (χ0v) is 42.1. The number of aromatic nitrogens is 6. The van der Waals surface area contributed by atoms with Crippen molar-refractivity contribution >= 4 is 51.0 Å². The van der Waals surface area contributed by atoms with Crippen LogP contribution in [0.5, 0.6) is 11.5 Å².